The zero-order valence-corrected chi connectivity index (χ0v) is 30.7. The molecule has 1 aromatic carbocycles. The van der Waals surface area contributed by atoms with Crippen molar-refractivity contribution >= 4 is 44.8 Å². The number of ether oxygens (including phenoxy) is 1. The van der Waals surface area contributed by atoms with Crippen LogP contribution in [0.25, 0.3) is 21.8 Å². The van der Waals surface area contributed by atoms with Crippen molar-refractivity contribution in [3.8, 4) is 21.8 Å². The van der Waals surface area contributed by atoms with Crippen molar-refractivity contribution in [1.29, 1.82) is 0 Å². The van der Waals surface area contributed by atoms with Crippen LogP contribution in [0.2, 0.25) is 0 Å². The Morgan fingerprint density at radius 3 is 2.51 bits per heavy atom. The average molecular weight is 713 g/mol. The molecule has 0 spiro atoms. The number of sulfonamides is 1. The summed E-state index contributed by atoms with van der Waals surface area (Å²) in [5.41, 5.74) is 0.823. The van der Waals surface area contributed by atoms with Gasteiger partial charge in [0.25, 0.3) is 0 Å². The quantitative estimate of drug-likeness (QED) is 0.171. The van der Waals surface area contributed by atoms with Crippen molar-refractivity contribution in [2.45, 2.75) is 85.3 Å². The topological polar surface area (TPSA) is 144 Å². The van der Waals surface area contributed by atoms with Crippen LogP contribution in [-0.2, 0) is 26.7 Å². The third kappa shape index (κ3) is 9.32. The number of nitrogens with one attached hydrogen (secondary N) is 2. The van der Waals surface area contributed by atoms with Gasteiger partial charge >= 0.3 is 6.09 Å². The average Bonchev–Trinajstić information content (AvgIpc) is 3.65. The molecule has 0 unspecified atom stereocenters. The second-order valence-electron chi connectivity index (χ2n) is 14.3. The molecule has 49 heavy (non-hydrogen) atoms. The van der Waals surface area contributed by atoms with Crippen LogP contribution in [0.3, 0.4) is 0 Å². The van der Waals surface area contributed by atoms with E-state index in [0.717, 1.165) is 17.8 Å². The number of hydrogen-bond acceptors (Lipinski definition) is 10. The summed E-state index contributed by atoms with van der Waals surface area (Å²) in [6, 6.07) is 6.35. The molecule has 0 bridgehead atoms. The molecule has 2 N–H and O–H groups in total. The van der Waals surface area contributed by atoms with Gasteiger partial charge in [0.2, 0.25) is 16.0 Å². The van der Waals surface area contributed by atoms with Crippen LogP contribution in [0.4, 0.5) is 26.5 Å². The van der Waals surface area contributed by atoms with Crippen LogP contribution in [-0.4, -0.2) is 68.6 Å². The zero-order chi connectivity index (χ0) is 35.6. The van der Waals surface area contributed by atoms with Gasteiger partial charge in [-0.3, -0.25) is 9.40 Å². The molecule has 3 aromatic heterocycles. The highest BCUT2D eigenvalue weighted by Gasteiger charge is 2.28. The highest BCUT2D eigenvalue weighted by Crippen LogP contribution is 2.42. The molecule has 1 aliphatic rings. The summed E-state index contributed by atoms with van der Waals surface area (Å²) in [6.45, 7) is 15.4. The highest BCUT2D eigenvalue weighted by atomic mass is 32.2. The second kappa shape index (κ2) is 14.4. The SMILES string of the molecule is CCCS(=O)(=O)Nc1cccc(-c2nc(C(C)(C)C)sc2-c2ccnc(Nc3cnn(CC4CCN(C(=O)OC(C)(C)C)CC4)c3)n2)c1F. The number of rotatable bonds is 10. The summed E-state index contributed by atoms with van der Waals surface area (Å²) in [5.74, 6) is -0.114. The predicted molar refractivity (Wildman–Crippen MR) is 191 cm³/mol. The fourth-order valence-corrected chi connectivity index (χ4v) is 7.61. The summed E-state index contributed by atoms with van der Waals surface area (Å²) in [5, 5.41) is 8.53. The van der Waals surface area contributed by atoms with Crippen LogP contribution in [0, 0.1) is 11.7 Å². The minimum Gasteiger partial charge on any atom is -0.444 e. The Morgan fingerprint density at radius 1 is 1.10 bits per heavy atom. The number of hydrogen-bond donors (Lipinski definition) is 2. The van der Waals surface area contributed by atoms with Gasteiger partial charge in [0.15, 0.2) is 5.82 Å². The standard InChI is InChI=1S/C34H45FN8O4S2/c1-8-18-49(45,46)41-25-11-9-10-24(27(25)35)28-29(48-30(40-28)33(2,3)4)26-12-15-36-31(39-26)38-23-19-37-43(21-23)20-22-13-16-42(17-14-22)32(44)47-34(5,6)7/h9-12,15,19,21-22,41H,8,13-14,16-18,20H2,1-7H3,(H,36,38,39). The Morgan fingerprint density at radius 2 is 1.84 bits per heavy atom. The van der Waals surface area contributed by atoms with Gasteiger partial charge in [0.1, 0.15) is 5.60 Å². The van der Waals surface area contributed by atoms with Crippen molar-refractivity contribution in [2.24, 2.45) is 5.92 Å². The summed E-state index contributed by atoms with van der Waals surface area (Å²) in [7, 11) is -3.70. The van der Waals surface area contributed by atoms with Crippen LogP contribution in [0.1, 0.15) is 72.7 Å². The maximum atomic E-state index is 15.9. The van der Waals surface area contributed by atoms with Crippen molar-refractivity contribution in [3.63, 3.8) is 0 Å². The first-order valence-corrected chi connectivity index (χ1v) is 18.9. The van der Waals surface area contributed by atoms with Crippen molar-refractivity contribution in [2.75, 3.05) is 28.9 Å². The van der Waals surface area contributed by atoms with E-state index in [2.05, 4.69) is 20.1 Å². The molecule has 264 valence electrons. The van der Waals surface area contributed by atoms with E-state index in [1.165, 1.54) is 17.4 Å². The van der Waals surface area contributed by atoms with Gasteiger partial charge in [-0.1, -0.05) is 33.8 Å². The molecule has 12 nitrogen and oxygen atoms in total. The first-order chi connectivity index (χ1) is 23.0. The van der Waals surface area contributed by atoms with E-state index in [-0.39, 0.29) is 28.5 Å². The molecule has 1 fully saturated rings. The number of anilines is 3. The fourth-order valence-electron chi connectivity index (χ4n) is 5.37. The summed E-state index contributed by atoms with van der Waals surface area (Å²) >= 11 is 1.41. The van der Waals surface area contributed by atoms with E-state index < -0.39 is 21.4 Å². The number of piperidine rings is 1. The summed E-state index contributed by atoms with van der Waals surface area (Å²) < 4.78 is 50.6. The Labute approximate surface area is 291 Å². The Bertz CT molecular complexity index is 1890. The lowest BCUT2D eigenvalue weighted by Gasteiger charge is -2.33. The Balaban J connectivity index is 1.33. The van der Waals surface area contributed by atoms with Gasteiger partial charge in [-0.2, -0.15) is 5.10 Å². The molecule has 5 rings (SSSR count). The van der Waals surface area contributed by atoms with Gasteiger partial charge in [-0.25, -0.2) is 32.6 Å². The van der Waals surface area contributed by atoms with Crippen molar-refractivity contribution in [1.82, 2.24) is 29.6 Å². The molecule has 4 aromatic rings. The molecule has 0 atom stereocenters. The van der Waals surface area contributed by atoms with E-state index in [9.17, 15) is 13.2 Å². The van der Waals surface area contributed by atoms with E-state index in [0.29, 0.717) is 59.9 Å². The van der Waals surface area contributed by atoms with E-state index >= 15 is 4.39 Å². The lowest BCUT2D eigenvalue weighted by Crippen LogP contribution is -2.42. The molecular weight excluding hydrogens is 668 g/mol. The number of nitrogens with zero attached hydrogens (tertiary/aromatic N) is 6. The second-order valence-corrected chi connectivity index (χ2v) is 17.1. The molecule has 0 radical (unpaired) electrons. The number of carbonyl (C=O) groups excluding carboxylic acids is 1. The molecule has 0 saturated carbocycles. The summed E-state index contributed by atoms with van der Waals surface area (Å²) in [6.07, 6.45) is 7.08. The number of likely N-dealkylation sites (tertiary alicyclic amines) is 1. The maximum absolute atomic E-state index is 15.9. The largest absolute Gasteiger partial charge is 0.444 e. The fraction of sp³-hybridized carbons (Fsp3) is 0.500. The van der Waals surface area contributed by atoms with E-state index in [1.54, 1.807) is 42.4 Å². The number of benzene rings is 1. The Hall–Kier alpha value is -4.11. The number of aromatic nitrogens is 5. The normalized spacial score (nSPS) is 14.6. The first-order valence-electron chi connectivity index (χ1n) is 16.4. The summed E-state index contributed by atoms with van der Waals surface area (Å²) in [4.78, 5) is 28.8. The van der Waals surface area contributed by atoms with Crippen LogP contribution in [0.5, 0.6) is 0 Å². The maximum Gasteiger partial charge on any atom is 0.410 e. The van der Waals surface area contributed by atoms with Crippen molar-refractivity contribution < 1.29 is 22.3 Å². The van der Waals surface area contributed by atoms with Crippen LogP contribution < -0.4 is 10.0 Å². The molecule has 4 heterocycles. The van der Waals surface area contributed by atoms with Crippen LogP contribution >= 0.6 is 11.3 Å². The minimum absolute atomic E-state index is 0.114. The van der Waals surface area contributed by atoms with Crippen LogP contribution in [0.15, 0.2) is 42.9 Å². The van der Waals surface area contributed by atoms with Gasteiger partial charge < -0.3 is 15.0 Å². The smallest absolute Gasteiger partial charge is 0.410 e. The van der Waals surface area contributed by atoms with Gasteiger partial charge in [0.05, 0.1) is 44.6 Å². The predicted octanol–water partition coefficient (Wildman–Crippen LogP) is 7.44. The minimum atomic E-state index is -3.70. The molecule has 1 amide bonds. The van der Waals surface area contributed by atoms with E-state index in [1.807, 2.05) is 52.4 Å². The molecule has 1 aliphatic heterocycles. The monoisotopic (exact) mass is 712 g/mol. The Kier molecular flexibility index (Phi) is 10.6. The zero-order valence-electron chi connectivity index (χ0n) is 29.1. The van der Waals surface area contributed by atoms with E-state index in [4.69, 9.17) is 14.7 Å². The third-order valence-corrected chi connectivity index (χ3v) is 10.7. The van der Waals surface area contributed by atoms with Gasteiger partial charge in [-0.15, -0.1) is 11.3 Å². The third-order valence-electron chi connectivity index (χ3n) is 7.75. The molecular formula is C34H45FN8O4S2. The van der Waals surface area contributed by atoms with Gasteiger partial charge in [-0.05, 0) is 64.2 Å². The molecule has 0 aliphatic carbocycles. The molecule has 1 saturated heterocycles. The number of carbonyl (C=O) groups is 1. The highest BCUT2D eigenvalue weighted by molar-refractivity contribution is 7.92. The van der Waals surface area contributed by atoms with Crippen molar-refractivity contribution in [3.05, 3.63) is 53.7 Å². The lowest BCUT2D eigenvalue weighted by molar-refractivity contribution is 0.0177. The lowest BCUT2D eigenvalue weighted by atomic mass is 9.97. The number of thiazole rings is 1. The number of amides is 1. The first kappa shape index (κ1) is 36.2. The number of halogens is 1. The molecule has 15 heteroatoms. The van der Waals surface area contributed by atoms with Gasteiger partial charge in [0, 0.05) is 43.0 Å².